The third-order valence-electron chi connectivity index (χ3n) is 3.96. The number of hydrogen-bond acceptors (Lipinski definition) is 2. The number of aliphatic carboxylic acids is 1. The van der Waals surface area contributed by atoms with Gasteiger partial charge < -0.3 is 10.4 Å². The largest absolute Gasteiger partial charge is 0.481 e. The summed E-state index contributed by atoms with van der Waals surface area (Å²) in [6.45, 7) is 0. The molecule has 0 aromatic heterocycles. The van der Waals surface area contributed by atoms with Crippen molar-refractivity contribution in [1.29, 1.82) is 0 Å². The molecule has 1 saturated heterocycles. The van der Waals surface area contributed by atoms with E-state index in [1.165, 1.54) is 0 Å². The molecule has 0 aromatic carbocycles. The van der Waals surface area contributed by atoms with Crippen molar-refractivity contribution >= 4 is 34.5 Å². The van der Waals surface area contributed by atoms with E-state index in [-0.39, 0.29) is 29.7 Å². The van der Waals surface area contributed by atoms with Gasteiger partial charge in [0.05, 0.1) is 11.8 Å². The minimum atomic E-state index is -0.792. The Balaban J connectivity index is 2.04. The summed E-state index contributed by atoms with van der Waals surface area (Å²) in [5, 5.41) is 12.0. The molecule has 76 valence electrons. The second-order valence-electron chi connectivity index (χ2n) is 4.43. The summed E-state index contributed by atoms with van der Waals surface area (Å²) in [4.78, 5) is 22.7. The van der Waals surface area contributed by atoms with E-state index < -0.39 is 11.9 Å². The zero-order valence-corrected chi connectivity index (χ0v) is 9.47. The first-order valence-electron chi connectivity index (χ1n) is 4.78. The van der Waals surface area contributed by atoms with Crippen LogP contribution in [-0.2, 0) is 9.59 Å². The van der Waals surface area contributed by atoms with E-state index in [4.69, 9.17) is 5.11 Å². The maximum atomic E-state index is 11.6. The molecule has 6 atom stereocenters. The summed E-state index contributed by atoms with van der Waals surface area (Å²) in [5.74, 6) is -1.01. The van der Waals surface area contributed by atoms with E-state index >= 15 is 0 Å². The highest BCUT2D eigenvalue weighted by Crippen LogP contribution is 2.57. The lowest BCUT2D eigenvalue weighted by atomic mass is 9.80. The predicted octanol–water partition coefficient (Wildman–Crippen LogP) is 0.255. The standard InChI is InChI=1S/C9H10INO3/c10-6-2-1-3-4(5(2)9(13)14)8(12)11-7(3)6/h2-7H,1H2,(H,11,12)(H,13,14). The Labute approximate surface area is 94.6 Å². The molecule has 2 saturated carbocycles. The summed E-state index contributed by atoms with van der Waals surface area (Å²) >= 11 is 2.29. The second-order valence-corrected chi connectivity index (χ2v) is 5.87. The molecule has 0 spiro atoms. The summed E-state index contributed by atoms with van der Waals surface area (Å²) in [7, 11) is 0. The number of amides is 1. The molecule has 1 aliphatic heterocycles. The van der Waals surface area contributed by atoms with Crippen LogP contribution in [0.5, 0.6) is 0 Å². The fourth-order valence-corrected chi connectivity index (χ4v) is 4.94. The van der Waals surface area contributed by atoms with Crippen LogP contribution in [0.15, 0.2) is 0 Å². The van der Waals surface area contributed by atoms with Gasteiger partial charge in [0.1, 0.15) is 0 Å². The van der Waals surface area contributed by atoms with Crippen LogP contribution < -0.4 is 5.32 Å². The molecule has 2 aliphatic carbocycles. The predicted molar refractivity (Wildman–Crippen MR) is 56.0 cm³/mol. The highest BCUT2D eigenvalue weighted by Gasteiger charge is 2.66. The molecule has 3 fully saturated rings. The van der Waals surface area contributed by atoms with Crippen molar-refractivity contribution < 1.29 is 14.7 Å². The molecular formula is C9H10INO3. The van der Waals surface area contributed by atoms with E-state index in [2.05, 4.69) is 27.9 Å². The maximum absolute atomic E-state index is 11.6. The number of rotatable bonds is 1. The van der Waals surface area contributed by atoms with Gasteiger partial charge in [-0.3, -0.25) is 9.59 Å². The number of carboxylic acid groups (broad SMARTS) is 1. The smallest absolute Gasteiger partial charge is 0.307 e. The lowest BCUT2D eigenvalue weighted by Gasteiger charge is -2.26. The number of fused-ring (bicyclic) bond motifs is 1. The Hall–Kier alpha value is -0.330. The minimum absolute atomic E-state index is 0.0333. The van der Waals surface area contributed by atoms with Crippen LogP contribution in [0.2, 0.25) is 0 Å². The van der Waals surface area contributed by atoms with Crippen LogP contribution in [0.4, 0.5) is 0 Å². The summed E-state index contributed by atoms with van der Waals surface area (Å²) in [5.41, 5.74) is 0. The summed E-state index contributed by atoms with van der Waals surface area (Å²) < 4.78 is 0.307. The first kappa shape index (κ1) is 8.94. The Morgan fingerprint density at radius 1 is 1.50 bits per heavy atom. The molecule has 4 nitrogen and oxygen atoms in total. The quantitative estimate of drug-likeness (QED) is 0.539. The average Bonchev–Trinajstić information content (AvgIpc) is 2.67. The summed E-state index contributed by atoms with van der Waals surface area (Å²) in [6.07, 6.45) is 0.915. The Morgan fingerprint density at radius 3 is 2.86 bits per heavy atom. The number of nitrogens with one attached hydrogen (secondary N) is 1. The normalized spacial score (nSPS) is 53.6. The third kappa shape index (κ3) is 0.844. The molecule has 5 heteroatoms. The van der Waals surface area contributed by atoms with Gasteiger partial charge in [0.25, 0.3) is 0 Å². The van der Waals surface area contributed by atoms with Gasteiger partial charge >= 0.3 is 5.97 Å². The van der Waals surface area contributed by atoms with E-state index in [9.17, 15) is 9.59 Å². The van der Waals surface area contributed by atoms with Crippen molar-refractivity contribution in [2.45, 2.75) is 16.4 Å². The molecule has 14 heavy (non-hydrogen) atoms. The van der Waals surface area contributed by atoms with Crippen LogP contribution in [-0.4, -0.2) is 26.9 Å². The van der Waals surface area contributed by atoms with Crippen LogP contribution in [0.25, 0.3) is 0 Å². The van der Waals surface area contributed by atoms with Crippen molar-refractivity contribution in [3.8, 4) is 0 Å². The molecule has 3 aliphatic rings. The van der Waals surface area contributed by atoms with Gasteiger partial charge in [0.15, 0.2) is 0 Å². The minimum Gasteiger partial charge on any atom is -0.481 e. The van der Waals surface area contributed by atoms with Gasteiger partial charge in [0.2, 0.25) is 5.91 Å². The topological polar surface area (TPSA) is 66.4 Å². The van der Waals surface area contributed by atoms with Crippen molar-refractivity contribution in [2.75, 3.05) is 0 Å². The molecule has 2 N–H and O–H groups in total. The Kier molecular flexibility index (Phi) is 1.67. The van der Waals surface area contributed by atoms with Gasteiger partial charge in [0, 0.05) is 9.97 Å². The van der Waals surface area contributed by atoms with Crippen molar-refractivity contribution in [3.05, 3.63) is 0 Å². The van der Waals surface area contributed by atoms with Crippen LogP contribution >= 0.6 is 22.6 Å². The van der Waals surface area contributed by atoms with Gasteiger partial charge in [-0.15, -0.1) is 0 Å². The van der Waals surface area contributed by atoms with Crippen LogP contribution in [0, 0.1) is 23.7 Å². The SMILES string of the molecule is O=C(O)C1C2CC3C(NC(=O)C31)C2I. The zero-order valence-electron chi connectivity index (χ0n) is 7.31. The highest BCUT2D eigenvalue weighted by atomic mass is 127. The van der Waals surface area contributed by atoms with E-state index in [0.717, 1.165) is 6.42 Å². The molecule has 3 rings (SSSR count). The molecule has 0 radical (unpaired) electrons. The van der Waals surface area contributed by atoms with E-state index in [1.54, 1.807) is 0 Å². The van der Waals surface area contributed by atoms with Crippen LogP contribution in [0.3, 0.4) is 0 Å². The fraction of sp³-hybridized carbons (Fsp3) is 0.778. The lowest BCUT2D eigenvalue weighted by Crippen LogP contribution is -2.39. The number of halogens is 1. The highest BCUT2D eigenvalue weighted by molar-refractivity contribution is 14.1. The van der Waals surface area contributed by atoms with Crippen molar-refractivity contribution in [1.82, 2.24) is 5.32 Å². The maximum Gasteiger partial charge on any atom is 0.307 e. The average molecular weight is 307 g/mol. The molecule has 1 amide bonds. The second kappa shape index (κ2) is 2.62. The molecular weight excluding hydrogens is 297 g/mol. The zero-order chi connectivity index (χ0) is 10.0. The number of alkyl halides is 1. The van der Waals surface area contributed by atoms with Crippen LogP contribution in [0.1, 0.15) is 6.42 Å². The third-order valence-corrected chi connectivity index (χ3v) is 5.66. The van der Waals surface area contributed by atoms with Crippen molar-refractivity contribution in [3.63, 3.8) is 0 Å². The molecule has 2 bridgehead atoms. The monoisotopic (exact) mass is 307 g/mol. The van der Waals surface area contributed by atoms with Crippen molar-refractivity contribution in [2.24, 2.45) is 23.7 Å². The van der Waals surface area contributed by atoms with E-state index in [1.807, 2.05) is 0 Å². The van der Waals surface area contributed by atoms with Gasteiger partial charge in [-0.05, 0) is 18.3 Å². The molecule has 1 heterocycles. The first-order chi connectivity index (χ1) is 6.61. The Morgan fingerprint density at radius 2 is 2.21 bits per heavy atom. The molecule has 0 aromatic rings. The molecule has 6 unspecified atom stereocenters. The van der Waals surface area contributed by atoms with Gasteiger partial charge in [-0.25, -0.2) is 0 Å². The Bertz CT molecular complexity index is 332. The van der Waals surface area contributed by atoms with Gasteiger partial charge in [-0.1, -0.05) is 22.6 Å². The van der Waals surface area contributed by atoms with E-state index in [0.29, 0.717) is 3.92 Å². The number of carbonyl (C=O) groups is 2. The number of hydrogen-bond donors (Lipinski definition) is 2. The lowest BCUT2D eigenvalue weighted by molar-refractivity contribution is -0.147. The van der Waals surface area contributed by atoms with Gasteiger partial charge in [-0.2, -0.15) is 0 Å². The summed E-state index contributed by atoms with van der Waals surface area (Å²) in [6, 6.07) is 0.244. The fourth-order valence-electron chi connectivity index (χ4n) is 3.48. The number of carboxylic acids is 1. The number of carbonyl (C=O) groups excluding carboxylic acids is 1. The first-order valence-corrected chi connectivity index (χ1v) is 6.03.